The third kappa shape index (κ3) is 4.04. The molecule has 0 aromatic carbocycles. The van der Waals surface area contributed by atoms with Crippen LogP contribution in [0.4, 0.5) is 0 Å². The van der Waals surface area contributed by atoms with Crippen molar-refractivity contribution in [2.24, 2.45) is 0 Å². The molecule has 2 rings (SSSR count). The maximum atomic E-state index is 12.8. The average Bonchev–Trinajstić information content (AvgIpc) is 2.97. The van der Waals surface area contributed by atoms with Gasteiger partial charge in [0.2, 0.25) is 0 Å². The van der Waals surface area contributed by atoms with E-state index in [1.54, 1.807) is 10.4 Å². The van der Waals surface area contributed by atoms with Crippen LogP contribution in [-0.2, 0) is 21.3 Å². The second-order valence-corrected chi connectivity index (χ2v) is 8.23. The van der Waals surface area contributed by atoms with Crippen LogP contribution in [0.1, 0.15) is 32.3 Å². The summed E-state index contributed by atoms with van der Waals surface area (Å²) in [6.07, 6.45) is 1.84. The third-order valence-corrected chi connectivity index (χ3v) is 7.01. The van der Waals surface area contributed by atoms with E-state index >= 15 is 0 Å². The van der Waals surface area contributed by atoms with E-state index in [4.69, 9.17) is 4.74 Å². The zero-order chi connectivity index (χ0) is 15.3. The quantitative estimate of drug-likeness (QED) is 0.777. The molecule has 1 aliphatic heterocycles. The summed E-state index contributed by atoms with van der Waals surface area (Å²) in [5.41, 5.74) is 1.04. The number of hydrogen-bond acceptors (Lipinski definition) is 5. The van der Waals surface area contributed by atoms with Gasteiger partial charge in [-0.1, -0.05) is 13.8 Å². The van der Waals surface area contributed by atoms with Crippen LogP contribution < -0.4 is 5.32 Å². The van der Waals surface area contributed by atoms with Crippen LogP contribution in [0, 0.1) is 0 Å². The second kappa shape index (κ2) is 7.69. The van der Waals surface area contributed by atoms with Gasteiger partial charge in [0.05, 0.1) is 13.2 Å². The number of sulfonamides is 1. The molecule has 0 amide bonds. The molecule has 0 bridgehead atoms. The molecule has 120 valence electrons. The van der Waals surface area contributed by atoms with Gasteiger partial charge in [-0.05, 0) is 36.4 Å². The minimum absolute atomic E-state index is 0.0486. The Morgan fingerprint density at radius 2 is 2.29 bits per heavy atom. The van der Waals surface area contributed by atoms with Crippen LogP contribution in [0.3, 0.4) is 0 Å². The van der Waals surface area contributed by atoms with Gasteiger partial charge in [0.15, 0.2) is 0 Å². The summed E-state index contributed by atoms with van der Waals surface area (Å²) in [4.78, 5) is 0. The van der Waals surface area contributed by atoms with Gasteiger partial charge in [0.1, 0.15) is 4.21 Å². The maximum Gasteiger partial charge on any atom is 0.252 e. The molecular weight excluding hydrogens is 308 g/mol. The van der Waals surface area contributed by atoms with Crippen LogP contribution in [0.25, 0.3) is 0 Å². The van der Waals surface area contributed by atoms with Gasteiger partial charge in [-0.2, -0.15) is 4.31 Å². The van der Waals surface area contributed by atoms with Crippen LogP contribution in [0.5, 0.6) is 0 Å². The SMILES string of the molecule is CCCNCc1csc(S(=O)(=O)N2CCOCC2CC)c1. The van der Waals surface area contributed by atoms with E-state index in [0.717, 1.165) is 31.5 Å². The van der Waals surface area contributed by atoms with Crippen molar-refractivity contribution in [1.82, 2.24) is 9.62 Å². The van der Waals surface area contributed by atoms with Crippen molar-refractivity contribution >= 4 is 21.4 Å². The highest BCUT2D eigenvalue weighted by Gasteiger charge is 2.33. The summed E-state index contributed by atoms with van der Waals surface area (Å²) in [5, 5.41) is 5.22. The van der Waals surface area contributed by atoms with Crippen molar-refractivity contribution < 1.29 is 13.2 Å². The number of nitrogens with zero attached hydrogens (tertiary/aromatic N) is 1. The van der Waals surface area contributed by atoms with Gasteiger partial charge in [-0.15, -0.1) is 11.3 Å². The van der Waals surface area contributed by atoms with Gasteiger partial charge in [-0.3, -0.25) is 0 Å². The summed E-state index contributed by atoms with van der Waals surface area (Å²) in [5.74, 6) is 0. The number of nitrogens with one attached hydrogen (secondary N) is 1. The zero-order valence-corrected chi connectivity index (χ0v) is 14.3. The molecule has 21 heavy (non-hydrogen) atoms. The molecular formula is C14H24N2O3S2. The number of ether oxygens (including phenoxy) is 1. The molecule has 0 saturated carbocycles. The number of thiophene rings is 1. The normalized spacial score (nSPS) is 20.8. The standard InChI is InChI=1S/C14H24N2O3S2/c1-3-5-15-9-12-8-14(20-11-12)21(17,18)16-6-7-19-10-13(16)4-2/h8,11,13,15H,3-7,9-10H2,1-2H3. The highest BCUT2D eigenvalue weighted by atomic mass is 32.2. The predicted octanol–water partition coefficient (Wildman–Crippen LogP) is 2.05. The topological polar surface area (TPSA) is 58.6 Å². The van der Waals surface area contributed by atoms with Gasteiger partial charge in [0, 0.05) is 19.1 Å². The molecule has 5 nitrogen and oxygen atoms in total. The lowest BCUT2D eigenvalue weighted by atomic mass is 10.2. The van der Waals surface area contributed by atoms with E-state index in [0.29, 0.717) is 24.0 Å². The first-order valence-corrected chi connectivity index (χ1v) is 9.79. The molecule has 0 radical (unpaired) electrons. The number of morpholine rings is 1. The molecule has 1 aromatic rings. The van der Waals surface area contributed by atoms with Crippen LogP contribution in [0.2, 0.25) is 0 Å². The molecule has 1 atom stereocenters. The lowest BCUT2D eigenvalue weighted by Crippen LogP contribution is -2.48. The highest BCUT2D eigenvalue weighted by molar-refractivity contribution is 7.91. The summed E-state index contributed by atoms with van der Waals surface area (Å²) >= 11 is 1.31. The molecule has 1 unspecified atom stereocenters. The Morgan fingerprint density at radius 1 is 1.48 bits per heavy atom. The van der Waals surface area contributed by atoms with Gasteiger partial charge >= 0.3 is 0 Å². The third-order valence-electron chi connectivity index (χ3n) is 3.59. The van der Waals surface area contributed by atoms with E-state index in [-0.39, 0.29) is 6.04 Å². The maximum absolute atomic E-state index is 12.8. The molecule has 1 aliphatic rings. The molecule has 1 aromatic heterocycles. The molecule has 1 fully saturated rings. The van der Waals surface area contributed by atoms with Crippen LogP contribution in [-0.4, -0.2) is 45.1 Å². The first-order valence-electron chi connectivity index (χ1n) is 7.47. The van der Waals surface area contributed by atoms with Crippen LogP contribution in [0.15, 0.2) is 15.7 Å². The summed E-state index contributed by atoms with van der Waals surface area (Å²) in [7, 11) is -3.39. The van der Waals surface area contributed by atoms with Crippen molar-refractivity contribution in [2.45, 2.75) is 43.5 Å². The molecule has 7 heteroatoms. The highest BCUT2D eigenvalue weighted by Crippen LogP contribution is 2.27. The lowest BCUT2D eigenvalue weighted by molar-refractivity contribution is 0.0315. The molecule has 2 heterocycles. The fraction of sp³-hybridized carbons (Fsp3) is 0.714. The van der Waals surface area contributed by atoms with E-state index in [2.05, 4.69) is 12.2 Å². The van der Waals surface area contributed by atoms with Gasteiger partial charge in [0.25, 0.3) is 10.0 Å². The Kier molecular flexibility index (Phi) is 6.19. The Hall–Kier alpha value is -0.470. The van der Waals surface area contributed by atoms with E-state index in [9.17, 15) is 8.42 Å². The fourth-order valence-electron chi connectivity index (χ4n) is 2.38. The van der Waals surface area contributed by atoms with Crippen molar-refractivity contribution in [3.8, 4) is 0 Å². The monoisotopic (exact) mass is 332 g/mol. The summed E-state index contributed by atoms with van der Waals surface area (Å²) < 4.78 is 33.0. The smallest absolute Gasteiger partial charge is 0.252 e. The summed E-state index contributed by atoms with van der Waals surface area (Å²) in [6.45, 7) is 7.19. The van der Waals surface area contributed by atoms with Gasteiger partial charge in [-0.25, -0.2) is 8.42 Å². The van der Waals surface area contributed by atoms with Crippen molar-refractivity contribution in [3.05, 3.63) is 17.0 Å². The summed E-state index contributed by atoms with van der Waals surface area (Å²) in [6, 6.07) is 1.75. The molecule has 0 spiro atoms. The lowest BCUT2D eigenvalue weighted by Gasteiger charge is -2.33. The van der Waals surface area contributed by atoms with E-state index in [1.807, 2.05) is 12.3 Å². The number of hydrogen-bond donors (Lipinski definition) is 1. The zero-order valence-electron chi connectivity index (χ0n) is 12.7. The Balaban J connectivity index is 2.11. The first-order chi connectivity index (χ1) is 10.1. The number of rotatable bonds is 7. The molecule has 1 N–H and O–H groups in total. The van der Waals surface area contributed by atoms with Crippen molar-refractivity contribution in [3.63, 3.8) is 0 Å². The first kappa shape index (κ1) is 16.9. The largest absolute Gasteiger partial charge is 0.378 e. The van der Waals surface area contributed by atoms with Gasteiger partial charge < -0.3 is 10.1 Å². The Bertz CT molecular complexity index is 542. The minimum Gasteiger partial charge on any atom is -0.378 e. The Labute approximate surface area is 131 Å². The molecule has 0 aliphatic carbocycles. The van der Waals surface area contributed by atoms with Crippen LogP contribution >= 0.6 is 11.3 Å². The fourth-order valence-corrected chi connectivity index (χ4v) is 5.39. The second-order valence-electron chi connectivity index (χ2n) is 5.20. The van der Waals surface area contributed by atoms with E-state index < -0.39 is 10.0 Å². The predicted molar refractivity (Wildman–Crippen MR) is 85.1 cm³/mol. The average molecular weight is 332 g/mol. The van der Waals surface area contributed by atoms with E-state index in [1.165, 1.54) is 11.3 Å². The van der Waals surface area contributed by atoms with Crippen molar-refractivity contribution in [2.75, 3.05) is 26.3 Å². The molecule has 1 saturated heterocycles. The minimum atomic E-state index is -3.39. The van der Waals surface area contributed by atoms with Crippen molar-refractivity contribution in [1.29, 1.82) is 0 Å². The Morgan fingerprint density at radius 3 is 3.00 bits per heavy atom.